The van der Waals surface area contributed by atoms with E-state index in [-0.39, 0.29) is 9.79 Å². The quantitative estimate of drug-likeness (QED) is 0.599. The number of halogens is 1. The zero-order valence-corrected chi connectivity index (χ0v) is 17.6. The van der Waals surface area contributed by atoms with Crippen molar-refractivity contribution in [1.29, 1.82) is 0 Å². The predicted octanol–water partition coefficient (Wildman–Crippen LogP) is 3.47. The molecule has 2 heterocycles. The number of hydrogen-bond acceptors (Lipinski definition) is 5. The molecule has 0 radical (unpaired) electrons. The van der Waals surface area contributed by atoms with Gasteiger partial charge in [-0.1, -0.05) is 11.6 Å². The Balaban J connectivity index is 1.59. The van der Waals surface area contributed by atoms with Gasteiger partial charge in [-0.15, -0.1) is 0 Å². The Hall–Kier alpha value is -2.20. The summed E-state index contributed by atoms with van der Waals surface area (Å²) >= 11 is 6.03. The highest BCUT2D eigenvalue weighted by Gasteiger charge is 2.27. The van der Waals surface area contributed by atoms with Crippen molar-refractivity contribution in [3.63, 3.8) is 0 Å². The van der Waals surface area contributed by atoms with Crippen LogP contribution in [0.1, 0.15) is 12.8 Å². The first kappa shape index (κ1) is 20.1. The fourth-order valence-corrected chi connectivity index (χ4v) is 6.08. The fourth-order valence-electron chi connectivity index (χ4n) is 3.29. The van der Waals surface area contributed by atoms with Crippen molar-refractivity contribution < 1.29 is 16.8 Å². The number of rotatable bonds is 5. The molecule has 1 fully saturated rings. The Morgan fingerprint density at radius 2 is 1.55 bits per heavy atom. The summed E-state index contributed by atoms with van der Waals surface area (Å²) in [4.78, 5) is 4.06. The lowest BCUT2D eigenvalue weighted by Gasteiger charge is -2.16. The van der Waals surface area contributed by atoms with Gasteiger partial charge >= 0.3 is 0 Å². The SMILES string of the molecule is O=S(=O)(Nc1ccc2c(Cl)nccc2c1)c1ccc(S(=O)(=O)N2CCCC2)cc1. The van der Waals surface area contributed by atoms with E-state index in [1.54, 1.807) is 30.5 Å². The third kappa shape index (κ3) is 3.95. The van der Waals surface area contributed by atoms with Crippen molar-refractivity contribution in [2.45, 2.75) is 22.6 Å². The van der Waals surface area contributed by atoms with E-state index >= 15 is 0 Å². The van der Waals surface area contributed by atoms with Crippen LogP contribution in [0.4, 0.5) is 5.69 Å². The molecule has 1 aliphatic rings. The van der Waals surface area contributed by atoms with Gasteiger partial charge in [-0.25, -0.2) is 21.8 Å². The summed E-state index contributed by atoms with van der Waals surface area (Å²) in [6.07, 6.45) is 3.22. The molecule has 1 aromatic heterocycles. The Kier molecular flexibility index (Phi) is 5.24. The van der Waals surface area contributed by atoms with Crippen molar-refractivity contribution in [2.24, 2.45) is 0 Å². The molecule has 0 aliphatic carbocycles. The van der Waals surface area contributed by atoms with Crippen LogP contribution in [0.25, 0.3) is 10.8 Å². The Bertz CT molecular complexity index is 1270. The standard InChI is InChI=1S/C19H18ClN3O4S2/c20-19-18-8-3-15(13-14(18)9-10-21-19)22-28(24,25)16-4-6-17(7-5-16)29(26,27)23-11-1-2-12-23/h3-10,13,22H,1-2,11-12H2. The number of hydrogen-bond donors (Lipinski definition) is 1. The van der Waals surface area contributed by atoms with Gasteiger partial charge in [0.2, 0.25) is 10.0 Å². The molecule has 0 saturated carbocycles. The molecule has 0 unspecified atom stereocenters. The number of pyridine rings is 1. The minimum Gasteiger partial charge on any atom is -0.280 e. The van der Waals surface area contributed by atoms with Crippen LogP contribution in [0.15, 0.2) is 64.5 Å². The summed E-state index contributed by atoms with van der Waals surface area (Å²) in [5.41, 5.74) is 0.369. The lowest BCUT2D eigenvalue weighted by atomic mass is 10.1. The van der Waals surface area contributed by atoms with Crippen molar-refractivity contribution in [3.8, 4) is 0 Å². The summed E-state index contributed by atoms with van der Waals surface area (Å²) in [7, 11) is -7.47. The van der Waals surface area contributed by atoms with Gasteiger partial charge < -0.3 is 0 Å². The van der Waals surface area contributed by atoms with Gasteiger partial charge in [-0.05, 0) is 66.8 Å². The van der Waals surface area contributed by atoms with Crippen LogP contribution in [0.5, 0.6) is 0 Å². The molecule has 2 aromatic carbocycles. The first-order valence-electron chi connectivity index (χ1n) is 8.95. The van der Waals surface area contributed by atoms with E-state index in [4.69, 9.17) is 11.6 Å². The number of benzene rings is 2. The second-order valence-electron chi connectivity index (χ2n) is 6.73. The van der Waals surface area contributed by atoms with E-state index in [2.05, 4.69) is 9.71 Å². The van der Waals surface area contributed by atoms with Gasteiger partial charge in [0.1, 0.15) is 5.15 Å². The molecule has 0 bridgehead atoms. The summed E-state index contributed by atoms with van der Waals surface area (Å²) in [5.74, 6) is 0. The van der Waals surface area contributed by atoms with Gasteiger partial charge in [-0.3, -0.25) is 4.72 Å². The Morgan fingerprint density at radius 3 is 2.24 bits per heavy atom. The molecule has 29 heavy (non-hydrogen) atoms. The second kappa shape index (κ2) is 7.56. The molecular formula is C19H18ClN3O4S2. The monoisotopic (exact) mass is 451 g/mol. The smallest absolute Gasteiger partial charge is 0.261 e. The predicted molar refractivity (Wildman–Crippen MR) is 112 cm³/mol. The largest absolute Gasteiger partial charge is 0.280 e. The molecule has 0 spiro atoms. The van der Waals surface area contributed by atoms with E-state index < -0.39 is 20.0 Å². The first-order valence-corrected chi connectivity index (χ1v) is 12.2. The molecule has 7 nitrogen and oxygen atoms in total. The number of anilines is 1. The lowest BCUT2D eigenvalue weighted by Crippen LogP contribution is -2.27. The number of nitrogens with zero attached hydrogens (tertiary/aromatic N) is 2. The van der Waals surface area contributed by atoms with E-state index in [0.717, 1.165) is 18.2 Å². The molecular weight excluding hydrogens is 434 g/mol. The molecule has 4 rings (SSSR count). The minimum atomic E-state index is -3.88. The van der Waals surface area contributed by atoms with Crippen LogP contribution in [0, 0.1) is 0 Å². The summed E-state index contributed by atoms with van der Waals surface area (Å²) in [6, 6.07) is 11.9. The topological polar surface area (TPSA) is 96.4 Å². The molecule has 1 aliphatic heterocycles. The lowest BCUT2D eigenvalue weighted by molar-refractivity contribution is 0.477. The summed E-state index contributed by atoms with van der Waals surface area (Å²) in [5, 5.41) is 1.80. The molecule has 3 aromatic rings. The van der Waals surface area contributed by atoms with Gasteiger partial charge in [0.25, 0.3) is 10.0 Å². The third-order valence-electron chi connectivity index (χ3n) is 4.80. The molecule has 0 atom stereocenters. The zero-order chi connectivity index (χ0) is 20.6. The maximum atomic E-state index is 12.7. The van der Waals surface area contributed by atoms with Gasteiger partial charge in [0, 0.05) is 30.4 Å². The van der Waals surface area contributed by atoms with Crippen LogP contribution in [-0.2, 0) is 20.0 Å². The number of fused-ring (bicyclic) bond motifs is 1. The molecule has 1 saturated heterocycles. The highest BCUT2D eigenvalue weighted by Crippen LogP contribution is 2.26. The number of nitrogens with one attached hydrogen (secondary N) is 1. The maximum absolute atomic E-state index is 12.7. The van der Waals surface area contributed by atoms with Crippen LogP contribution in [0.3, 0.4) is 0 Å². The molecule has 152 valence electrons. The van der Waals surface area contributed by atoms with Gasteiger partial charge in [0.15, 0.2) is 0 Å². The van der Waals surface area contributed by atoms with Crippen molar-refractivity contribution in [3.05, 3.63) is 59.9 Å². The van der Waals surface area contributed by atoms with Crippen LogP contribution in [0.2, 0.25) is 5.15 Å². The molecule has 0 amide bonds. The maximum Gasteiger partial charge on any atom is 0.261 e. The summed E-state index contributed by atoms with van der Waals surface area (Å²) < 4.78 is 54.5. The highest BCUT2D eigenvalue weighted by atomic mass is 35.5. The first-order chi connectivity index (χ1) is 13.8. The Morgan fingerprint density at radius 1 is 0.897 bits per heavy atom. The van der Waals surface area contributed by atoms with Crippen molar-refractivity contribution in [1.82, 2.24) is 9.29 Å². The van der Waals surface area contributed by atoms with E-state index in [9.17, 15) is 16.8 Å². The average Bonchev–Trinajstić information content (AvgIpc) is 3.24. The molecule has 10 heteroatoms. The van der Waals surface area contributed by atoms with Crippen LogP contribution < -0.4 is 4.72 Å². The van der Waals surface area contributed by atoms with Crippen LogP contribution >= 0.6 is 11.6 Å². The normalized spacial score (nSPS) is 15.6. The highest BCUT2D eigenvalue weighted by molar-refractivity contribution is 7.92. The zero-order valence-electron chi connectivity index (χ0n) is 15.2. The van der Waals surface area contributed by atoms with Crippen LogP contribution in [-0.4, -0.2) is 39.2 Å². The number of sulfonamides is 2. The Labute approximate surface area is 174 Å². The van der Waals surface area contributed by atoms with Crippen molar-refractivity contribution >= 4 is 48.1 Å². The van der Waals surface area contributed by atoms with Crippen molar-refractivity contribution in [2.75, 3.05) is 17.8 Å². The second-order valence-corrected chi connectivity index (χ2v) is 10.7. The van der Waals surface area contributed by atoms with E-state index in [1.165, 1.54) is 28.6 Å². The van der Waals surface area contributed by atoms with E-state index in [1.807, 2.05) is 0 Å². The van der Waals surface area contributed by atoms with Gasteiger partial charge in [-0.2, -0.15) is 4.31 Å². The third-order valence-corrected chi connectivity index (χ3v) is 8.42. The number of aromatic nitrogens is 1. The van der Waals surface area contributed by atoms with Gasteiger partial charge in [0.05, 0.1) is 9.79 Å². The van der Waals surface area contributed by atoms with E-state index in [0.29, 0.717) is 29.3 Å². The summed E-state index contributed by atoms with van der Waals surface area (Å²) in [6.45, 7) is 0.983. The fraction of sp³-hybridized carbons (Fsp3) is 0.211. The molecule has 1 N–H and O–H groups in total. The minimum absolute atomic E-state index is 0.0225. The average molecular weight is 452 g/mol.